The highest BCUT2D eigenvalue weighted by Crippen LogP contribution is 2.20. The van der Waals surface area contributed by atoms with Crippen LogP contribution in [0.3, 0.4) is 0 Å². The van der Waals surface area contributed by atoms with Crippen molar-refractivity contribution < 1.29 is 9.84 Å². The monoisotopic (exact) mass is 286 g/mol. The van der Waals surface area contributed by atoms with Crippen molar-refractivity contribution in [2.75, 3.05) is 26.0 Å². The lowest BCUT2D eigenvalue weighted by Gasteiger charge is -2.22. The molecule has 0 bridgehead atoms. The molecule has 0 unspecified atom stereocenters. The van der Waals surface area contributed by atoms with Gasteiger partial charge >= 0.3 is 0 Å². The van der Waals surface area contributed by atoms with Crippen molar-refractivity contribution >= 4 is 5.69 Å². The van der Waals surface area contributed by atoms with Crippen LogP contribution in [0, 0.1) is 0 Å². The number of hydrogen-bond acceptors (Lipinski definition) is 4. The number of rotatable bonds is 7. The third-order valence-corrected chi connectivity index (χ3v) is 3.30. The Morgan fingerprint density at radius 3 is 2.43 bits per heavy atom. The van der Waals surface area contributed by atoms with Gasteiger partial charge in [-0.3, -0.25) is 4.90 Å². The van der Waals surface area contributed by atoms with Crippen LogP contribution in [0.15, 0.2) is 48.5 Å². The van der Waals surface area contributed by atoms with Crippen molar-refractivity contribution in [1.82, 2.24) is 4.90 Å². The van der Waals surface area contributed by atoms with Crippen molar-refractivity contribution in [2.45, 2.75) is 13.1 Å². The molecule has 0 amide bonds. The maximum absolute atomic E-state index is 9.26. The van der Waals surface area contributed by atoms with Crippen LogP contribution >= 0.6 is 0 Å². The quantitative estimate of drug-likeness (QED) is 0.767. The molecular formula is C17H22N2O2. The molecule has 0 atom stereocenters. The third-order valence-electron chi connectivity index (χ3n) is 3.30. The molecule has 0 saturated carbocycles. The van der Waals surface area contributed by atoms with E-state index in [-0.39, 0.29) is 6.61 Å². The molecule has 112 valence electrons. The number of ether oxygens (including phenoxy) is 1. The normalized spacial score (nSPS) is 10.8. The number of aliphatic hydroxyl groups excluding tert-OH is 1. The van der Waals surface area contributed by atoms with Crippen molar-refractivity contribution in [1.29, 1.82) is 0 Å². The molecule has 4 heteroatoms. The molecule has 3 N–H and O–H groups in total. The first-order chi connectivity index (χ1) is 10.2. The fraction of sp³-hybridized carbons (Fsp3) is 0.294. The highest BCUT2D eigenvalue weighted by Gasteiger charge is 2.08. The average molecular weight is 286 g/mol. The van der Waals surface area contributed by atoms with Gasteiger partial charge in [-0.2, -0.15) is 0 Å². The number of nitrogens with two attached hydrogens (primary N) is 1. The van der Waals surface area contributed by atoms with E-state index in [4.69, 9.17) is 10.5 Å². The summed E-state index contributed by atoms with van der Waals surface area (Å²) in [6, 6.07) is 15.9. The van der Waals surface area contributed by atoms with Crippen molar-refractivity contribution in [2.24, 2.45) is 0 Å². The largest absolute Gasteiger partial charge is 0.497 e. The lowest BCUT2D eigenvalue weighted by molar-refractivity contribution is 0.184. The van der Waals surface area contributed by atoms with Crippen LogP contribution in [0.1, 0.15) is 11.1 Å². The van der Waals surface area contributed by atoms with Gasteiger partial charge in [-0.05, 0) is 23.3 Å². The number of methoxy groups -OCH3 is 1. The van der Waals surface area contributed by atoms with E-state index in [9.17, 15) is 5.11 Å². The first kappa shape index (κ1) is 15.4. The van der Waals surface area contributed by atoms with Gasteiger partial charge in [-0.25, -0.2) is 0 Å². The lowest BCUT2D eigenvalue weighted by Crippen LogP contribution is -2.26. The number of anilines is 1. The highest BCUT2D eigenvalue weighted by molar-refractivity contribution is 5.47. The maximum atomic E-state index is 9.26. The average Bonchev–Trinajstić information content (AvgIpc) is 2.48. The number of hydrogen-bond donors (Lipinski definition) is 2. The molecule has 0 aliphatic heterocycles. The van der Waals surface area contributed by atoms with Crippen LogP contribution in [0.25, 0.3) is 0 Å². The van der Waals surface area contributed by atoms with Gasteiger partial charge in [0, 0.05) is 31.4 Å². The number of benzene rings is 2. The van der Waals surface area contributed by atoms with Gasteiger partial charge < -0.3 is 15.6 Å². The summed E-state index contributed by atoms with van der Waals surface area (Å²) in [6.45, 7) is 2.26. The van der Waals surface area contributed by atoms with Gasteiger partial charge in [-0.15, -0.1) is 0 Å². The second kappa shape index (κ2) is 7.67. The molecule has 2 aromatic carbocycles. The Labute approximate surface area is 125 Å². The molecule has 0 aliphatic rings. The van der Waals surface area contributed by atoms with Crippen LogP contribution in [0.2, 0.25) is 0 Å². The molecule has 0 fully saturated rings. The van der Waals surface area contributed by atoms with Gasteiger partial charge in [-0.1, -0.05) is 30.3 Å². The Kier molecular flexibility index (Phi) is 5.60. The third kappa shape index (κ3) is 4.77. The maximum Gasteiger partial charge on any atom is 0.121 e. The predicted octanol–water partition coefficient (Wildman–Crippen LogP) is 2.27. The summed E-state index contributed by atoms with van der Waals surface area (Å²) in [6.07, 6.45) is 0. The van der Waals surface area contributed by atoms with Gasteiger partial charge in [0.25, 0.3) is 0 Å². The number of nitrogens with zero attached hydrogens (tertiary/aromatic N) is 1. The molecular weight excluding hydrogens is 264 g/mol. The highest BCUT2D eigenvalue weighted by atomic mass is 16.5. The van der Waals surface area contributed by atoms with E-state index in [0.717, 1.165) is 24.4 Å². The van der Waals surface area contributed by atoms with Gasteiger partial charge in [0.1, 0.15) is 5.75 Å². The summed E-state index contributed by atoms with van der Waals surface area (Å²) >= 11 is 0. The van der Waals surface area contributed by atoms with Crippen molar-refractivity contribution in [3.8, 4) is 5.75 Å². The van der Waals surface area contributed by atoms with Crippen molar-refractivity contribution in [3.63, 3.8) is 0 Å². The van der Waals surface area contributed by atoms with E-state index in [1.807, 2.05) is 30.3 Å². The van der Waals surface area contributed by atoms with Crippen LogP contribution in [-0.4, -0.2) is 30.3 Å². The molecule has 0 aliphatic carbocycles. The van der Waals surface area contributed by atoms with Crippen LogP contribution in [-0.2, 0) is 13.1 Å². The Bertz CT molecular complexity index is 558. The second-order valence-electron chi connectivity index (χ2n) is 5.03. The molecule has 0 saturated heterocycles. The molecule has 0 heterocycles. The Morgan fingerprint density at radius 2 is 1.76 bits per heavy atom. The zero-order chi connectivity index (χ0) is 15.1. The number of nitrogen functional groups attached to an aromatic ring is 1. The van der Waals surface area contributed by atoms with Crippen LogP contribution in [0.4, 0.5) is 5.69 Å². The lowest BCUT2D eigenvalue weighted by atomic mass is 10.1. The van der Waals surface area contributed by atoms with E-state index < -0.39 is 0 Å². The van der Waals surface area contributed by atoms with E-state index in [0.29, 0.717) is 12.2 Å². The SMILES string of the molecule is COc1cc(N)cc(CN(CCO)Cc2ccccc2)c1. The van der Waals surface area contributed by atoms with Gasteiger partial charge in [0.2, 0.25) is 0 Å². The molecule has 2 aromatic rings. The van der Waals surface area contributed by atoms with Gasteiger partial charge in [0.05, 0.1) is 13.7 Å². The summed E-state index contributed by atoms with van der Waals surface area (Å²) in [5.74, 6) is 0.758. The first-order valence-corrected chi connectivity index (χ1v) is 7.02. The van der Waals surface area contributed by atoms with E-state index >= 15 is 0 Å². The Hall–Kier alpha value is -2.04. The summed E-state index contributed by atoms with van der Waals surface area (Å²) in [4.78, 5) is 2.18. The molecule has 21 heavy (non-hydrogen) atoms. The summed E-state index contributed by atoms with van der Waals surface area (Å²) in [7, 11) is 1.63. The van der Waals surface area contributed by atoms with E-state index in [1.54, 1.807) is 13.2 Å². The van der Waals surface area contributed by atoms with Crippen LogP contribution in [0.5, 0.6) is 5.75 Å². The zero-order valence-corrected chi connectivity index (χ0v) is 12.3. The predicted molar refractivity (Wildman–Crippen MR) is 85.0 cm³/mol. The van der Waals surface area contributed by atoms with E-state index in [1.165, 1.54) is 5.56 Å². The fourth-order valence-corrected chi connectivity index (χ4v) is 2.35. The topological polar surface area (TPSA) is 58.7 Å². The number of aliphatic hydroxyl groups is 1. The van der Waals surface area contributed by atoms with Crippen molar-refractivity contribution in [3.05, 3.63) is 59.7 Å². The minimum atomic E-state index is 0.131. The molecule has 0 spiro atoms. The Morgan fingerprint density at radius 1 is 1.05 bits per heavy atom. The van der Waals surface area contributed by atoms with Gasteiger partial charge in [0.15, 0.2) is 0 Å². The summed E-state index contributed by atoms with van der Waals surface area (Å²) in [5, 5.41) is 9.26. The fourth-order valence-electron chi connectivity index (χ4n) is 2.35. The molecule has 2 rings (SSSR count). The second-order valence-corrected chi connectivity index (χ2v) is 5.03. The minimum absolute atomic E-state index is 0.131. The first-order valence-electron chi connectivity index (χ1n) is 7.02. The minimum Gasteiger partial charge on any atom is -0.497 e. The summed E-state index contributed by atoms with van der Waals surface area (Å²) < 4.78 is 5.25. The Balaban J connectivity index is 2.10. The summed E-state index contributed by atoms with van der Waals surface area (Å²) in [5.41, 5.74) is 8.88. The molecule has 0 aromatic heterocycles. The van der Waals surface area contributed by atoms with E-state index in [2.05, 4.69) is 17.0 Å². The zero-order valence-electron chi connectivity index (χ0n) is 12.3. The molecule has 4 nitrogen and oxygen atoms in total. The smallest absolute Gasteiger partial charge is 0.121 e. The van der Waals surface area contributed by atoms with Crippen LogP contribution < -0.4 is 10.5 Å². The standard InChI is InChI=1S/C17H22N2O2/c1-21-17-10-15(9-16(18)11-17)13-19(7-8-20)12-14-5-3-2-4-6-14/h2-6,9-11,20H,7-8,12-13,18H2,1H3. The molecule has 0 radical (unpaired) electrons.